The summed E-state index contributed by atoms with van der Waals surface area (Å²) in [6.45, 7) is 4.72. The van der Waals surface area contributed by atoms with Crippen LogP contribution in [0.4, 0.5) is 0 Å². The molecule has 2 N–H and O–H groups in total. The Bertz CT molecular complexity index is 1440. The van der Waals surface area contributed by atoms with E-state index in [0.29, 0.717) is 19.3 Å². The number of unbranched alkanes of at least 4 members (excludes halogenated alkanes) is 44. The Morgan fingerprint density at radius 1 is 0.350 bits per heavy atom. The summed E-state index contributed by atoms with van der Waals surface area (Å²) in [5.74, 6) is -1.43. The van der Waals surface area contributed by atoms with E-state index in [2.05, 4.69) is 45.1 Å². The predicted octanol–water partition coefficient (Wildman–Crippen LogP) is 20.9. The van der Waals surface area contributed by atoms with Crippen LogP contribution < -0.4 is 0 Å². The summed E-state index contributed by atoms with van der Waals surface area (Å²) in [6, 6.07) is 0. The highest BCUT2D eigenvalue weighted by Crippen LogP contribution is 2.43. The summed E-state index contributed by atoms with van der Waals surface area (Å²) in [7, 11) is -4.75. The number of ether oxygens (including phenoxy) is 3. The SMILES string of the molecule is CCCCC/C=C\C/C=C\CCCCCCCCCCCC(=O)OCC(COP(=O)(O)OCC(CO)OC(=O)CCCCCCCCCCCCCCCCCCC)OC(=O)CCCCCCCCCCCCCCCCCCC. The van der Waals surface area contributed by atoms with Gasteiger partial charge in [-0.05, 0) is 51.4 Å². The summed E-state index contributed by atoms with van der Waals surface area (Å²) < 4.78 is 39.8. The maximum Gasteiger partial charge on any atom is 0.472 e. The Kier molecular flexibility index (Phi) is 61.4. The van der Waals surface area contributed by atoms with Crippen molar-refractivity contribution in [3.05, 3.63) is 24.3 Å². The van der Waals surface area contributed by atoms with Gasteiger partial charge >= 0.3 is 25.7 Å². The first-order valence-electron chi connectivity index (χ1n) is 34.2. The summed E-state index contributed by atoms with van der Waals surface area (Å²) in [5.41, 5.74) is 0. The second kappa shape index (κ2) is 63.0. The quantitative estimate of drug-likeness (QED) is 0.0197. The van der Waals surface area contributed by atoms with Crippen LogP contribution in [-0.4, -0.2) is 66.5 Å². The molecule has 0 aliphatic heterocycles. The minimum Gasteiger partial charge on any atom is -0.462 e. The van der Waals surface area contributed by atoms with Crippen molar-refractivity contribution in [2.24, 2.45) is 0 Å². The highest BCUT2D eigenvalue weighted by Gasteiger charge is 2.28. The third-order valence-electron chi connectivity index (χ3n) is 15.4. The number of hydrogen-bond donors (Lipinski definition) is 2. The molecule has 472 valence electrons. The molecule has 0 rings (SSSR count). The molecule has 0 saturated heterocycles. The zero-order valence-electron chi connectivity index (χ0n) is 52.6. The molecule has 0 aromatic rings. The Morgan fingerprint density at radius 3 is 0.950 bits per heavy atom. The fourth-order valence-corrected chi connectivity index (χ4v) is 10.9. The molecule has 80 heavy (non-hydrogen) atoms. The van der Waals surface area contributed by atoms with Crippen LogP contribution >= 0.6 is 7.82 Å². The number of allylic oxidation sites excluding steroid dienone is 4. The maximum absolute atomic E-state index is 13.0. The molecular formula is C68H129O11P. The lowest BCUT2D eigenvalue weighted by Crippen LogP contribution is -2.30. The third-order valence-corrected chi connectivity index (χ3v) is 16.3. The number of phosphoric ester groups is 1. The van der Waals surface area contributed by atoms with E-state index in [0.717, 1.165) is 70.6 Å². The molecular weight excluding hydrogens is 1020 g/mol. The van der Waals surface area contributed by atoms with Gasteiger partial charge in [0.15, 0.2) is 6.10 Å². The smallest absolute Gasteiger partial charge is 0.462 e. The molecule has 0 bridgehead atoms. The Labute approximate surface area is 493 Å². The van der Waals surface area contributed by atoms with Crippen LogP contribution in [0, 0.1) is 0 Å². The largest absolute Gasteiger partial charge is 0.472 e. The second-order valence-corrected chi connectivity index (χ2v) is 24.8. The van der Waals surface area contributed by atoms with E-state index < -0.39 is 57.8 Å². The first-order chi connectivity index (χ1) is 39.2. The first-order valence-corrected chi connectivity index (χ1v) is 35.7. The van der Waals surface area contributed by atoms with Crippen molar-refractivity contribution < 1.29 is 52.2 Å². The van der Waals surface area contributed by atoms with Crippen molar-refractivity contribution in [1.29, 1.82) is 0 Å². The van der Waals surface area contributed by atoms with Gasteiger partial charge in [0.1, 0.15) is 12.7 Å². The average molecular weight is 1150 g/mol. The van der Waals surface area contributed by atoms with Crippen LogP contribution in [0.25, 0.3) is 0 Å². The average Bonchev–Trinajstić information content (AvgIpc) is 3.45. The van der Waals surface area contributed by atoms with Crippen molar-refractivity contribution in [2.45, 2.75) is 367 Å². The van der Waals surface area contributed by atoms with Crippen LogP contribution in [0.1, 0.15) is 355 Å². The molecule has 3 atom stereocenters. The summed E-state index contributed by atoms with van der Waals surface area (Å²) >= 11 is 0. The molecule has 0 aromatic heterocycles. The molecule has 12 heteroatoms. The fourth-order valence-electron chi connectivity index (χ4n) is 10.2. The Balaban J connectivity index is 4.63. The summed E-state index contributed by atoms with van der Waals surface area (Å²) in [4.78, 5) is 48.8. The monoisotopic (exact) mass is 1150 g/mol. The van der Waals surface area contributed by atoms with E-state index in [9.17, 15) is 28.9 Å². The number of carbonyl (C=O) groups is 3. The molecule has 0 spiro atoms. The third kappa shape index (κ3) is 60.5. The van der Waals surface area contributed by atoms with Gasteiger partial charge in [-0.3, -0.25) is 23.4 Å². The molecule has 0 radical (unpaired) electrons. The molecule has 3 unspecified atom stereocenters. The van der Waals surface area contributed by atoms with Gasteiger partial charge in [0.2, 0.25) is 0 Å². The zero-order chi connectivity index (χ0) is 58.3. The lowest BCUT2D eigenvalue weighted by molar-refractivity contribution is -0.161. The van der Waals surface area contributed by atoms with Gasteiger partial charge in [-0.25, -0.2) is 4.57 Å². The fraction of sp³-hybridized carbons (Fsp3) is 0.897. The molecule has 0 fully saturated rings. The van der Waals surface area contributed by atoms with Crippen LogP contribution in [0.5, 0.6) is 0 Å². The van der Waals surface area contributed by atoms with Gasteiger partial charge in [0.05, 0.1) is 19.8 Å². The highest BCUT2D eigenvalue weighted by atomic mass is 31.2. The number of esters is 3. The van der Waals surface area contributed by atoms with E-state index in [1.165, 1.54) is 225 Å². The van der Waals surface area contributed by atoms with Crippen LogP contribution in [0.15, 0.2) is 24.3 Å². The van der Waals surface area contributed by atoms with Gasteiger partial charge in [-0.2, -0.15) is 0 Å². The van der Waals surface area contributed by atoms with Crippen molar-refractivity contribution in [3.63, 3.8) is 0 Å². The standard InChI is InChI=1S/C68H129O11P/c1-4-7-10-13-16-19-22-25-28-31-32-35-36-39-42-45-48-51-54-57-66(70)75-61-65(79-68(72)59-56-53-50-47-44-41-38-34-30-27-24-21-18-15-12-9-6-3)63-77-80(73,74)76-62-64(60-69)78-67(71)58-55-52-49-46-43-40-37-33-29-26-23-20-17-14-11-8-5-2/h16,19,25,28,64-65,69H,4-15,17-18,20-24,26-27,29-63H2,1-3H3,(H,73,74)/b19-16-,28-25-. The van der Waals surface area contributed by atoms with Gasteiger partial charge < -0.3 is 24.2 Å². The van der Waals surface area contributed by atoms with Crippen molar-refractivity contribution in [1.82, 2.24) is 0 Å². The summed E-state index contributed by atoms with van der Waals surface area (Å²) in [6.07, 6.45) is 66.9. The van der Waals surface area contributed by atoms with E-state index in [1.54, 1.807) is 0 Å². The van der Waals surface area contributed by atoms with E-state index >= 15 is 0 Å². The minimum absolute atomic E-state index is 0.175. The number of rotatable bonds is 65. The topological polar surface area (TPSA) is 155 Å². The summed E-state index contributed by atoms with van der Waals surface area (Å²) in [5, 5.41) is 9.87. The number of aliphatic hydroxyl groups is 1. The van der Waals surface area contributed by atoms with E-state index in [1.807, 2.05) is 0 Å². The van der Waals surface area contributed by atoms with Gasteiger partial charge in [-0.1, -0.05) is 308 Å². The van der Waals surface area contributed by atoms with Crippen LogP contribution in [0.2, 0.25) is 0 Å². The molecule has 0 amide bonds. The van der Waals surface area contributed by atoms with Crippen LogP contribution in [-0.2, 0) is 42.2 Å². The van der Waals surface area contributed by atoms with Crippen molar-refractivity contribution in [2.75, 3.05) is 26.4 Å². The first kappa shape index (κ1) is 78.0. The molecule has 0 aromatic carbocycles. The number of aliphatic hydroxyl groups excluding tert-OH is 1. The second-order valence-electron chi connectivity index (χ2n) is 23.4. The van der Waals surface area contributed by atoms with Crippen LogP contribution in [0.3, 0.4) is 0 Å². The number of carbonyl (C=O) groups excluding carboxylic acids is 3. The zero-order valence-corrected chi connectivity index (χ0v) is 53.5. The minimum atomic E-state index is -4.75. The lowest BCUT2D eigenvalue weighted by Gasteiger charge is -2.21. The van der Waals surface area contributed by atoms with Gasteiger partial charge in [0.25, 0.3) is 0 Å². The highest BCUT2D eigenvalue weighted by molar-refractivity contribution is 7.47. The Morgan fingerprint density at radius 2 is 0.613 bits per heavy atom. The normalized spacial score (nSPS) is 13.3. The number of hydrogen-bond acceptors (Lipinski definition) is 10. The molecule has 0 aliphatic rings. The number of phosphoric acid groups is 1. The Hall–Kier alpha value is -2.04. The van der Waals surface area contributed by atoms with E-state index in [-0.39, 0.29) is 25.9 Å². The van der Waals surface area contributed by atoms with Crippen molar-refractivity contribution >= 4 is 25.7 Å². The predicted molar refractivity (Wildman–Crippen MR) is 335 cm³/mol. The molecule has 0 aliphatic carbocycles. The molecule has 0 saturated carbocycles. The van der Waals surface area contributed by atoms with Crippen molar-refractivity contribution in [3.8, 4) is 0 Å². The lowest BCUT2D eigenvalue weighted by atomic mass is 10.0. The molecule has 0 heterocycles. The van der Waals surface area contributed by atoms with Gasteiger partial charge in [0, 0.05) is 19.3 Å². The molecule has 11 nitrogen and oxygen atoms in total. The van der Waals surface area contributed by atoms with Gasteiger partial charge in [-0.15, -0.1) is 0 Å². The van der Waals surface area contributed by atoms with E-state index in [4.69, 9.17) is 23.3 Å². The maximum atomic E-state index is 13.0.